The smallest absolute Gasteiger partial charge is 0.410 e. The highest BCUT2D eigenvalue weighted by molar-refractivity contribution is 7.98. The Morgan fingerprint density at radius 1 is 1.13 bits per heavy atom. The van der Waals surface area contributed by atoms with Crippen LogP contribution in [0.1, 0.15) is 11.1 Å². The van der Waals surface area contributed by atoms with Crippen molar-refractivity contribution in [3.63, 3.8) is 0 Å². The molecule has 2 aromatic carbocycles. The fourth-order valence-corrected chi connectivity index (χ4v) is 3.04. The van der Waals surface area contributed by atoms with Crippen molar-refractivity contribution < 1.29 is 19.0 Å². The topological polar surface area (TPSA) is 70.8 Å². The summed E-state index contributed by atoms with van der Waals surface area (Å²) in [7, 11) is 3.18. The Hall–Kier alpha value is -2.34. The van der Waals surface area contributed by atoms with E-state index in [-0.39, 0.29) is 0 Å². The Labute approximate surface area is 139 Å². The van der Waals surface area contributed by atoms with Crippen LogP contribution in [0, 0.1) is 6.92 Å². The van der Waals surface area contributed by atoms with Gasteiger partial charge < -0.3 is 19.9 Å². The molecule has 0 aliphatic rings. The molecule has 0 saturated heterocycles. The Bertz CT molecular complexity index is 686. The molecule has 0 saturated carbocycles. The van der Waals surface area contributed by atoms with Crippen LogP contribution in [0.25, 0.3) is 0 Å². The molecule has 2 N–H and O–H groups in total. The molecule has 0 radical (unpaired) electrons. The van der Waals surface area contributed by atoms with Gasteiger partial charge in [0.2, 0.25) is 0 Å². The van der Waals surface area contributed by atoms with Gasteiger partial charge in [0.25, 0.3) is 0 Å². The predicted octanol–water partition coefficient (Wildman–Crippen LogP) is 3.76. The fourth-order valence-electron chi connectivity index (χ4n) is 2.06. The van der Waals surface area contributed by atoms with Crippen molar-refractivity contribution in [2.75, 3.05) is 14.2 Å². The number of hydrogen-bond donors (Lipinski definition) is 1. The van der Waals surface area contributed by atoms with Gasteiger partial charge in [-0.3, -0.25) is 0 Å². The van der Waals surface area contributed by atoms with Crippen LogP contribution in [-0.2, 0) is 5.75 Å². The third-order valence-corrected chi connectivity index (χ3v) is 4.25. The lowest BCUT2D eigenvalue weighted by Gasteiger charge is -2.13. The lowest BCUT2D eigenvalue weighted by molar-refractivity contribution is 0.208. The number of nitrogens with two attached hydrogens (primary N) is 1. The second kappa shape index (κ2) is 7.78. The average Bonchev–Trinajstić information content (AvgIpc) is 2.55. The zero-order valence-electron chi connectivity index (χ0n) is 13.3. The molecule has 0 bridgehead atoms. The van der Waals surface area contributed by atoms with Gasteiger partial charge in [0.05, 0.1) is 14.2 Å². The second-order valence-corrected chi connectivity index (χ2v) is 5.88. The first-order valence-electron chi connectivity index (χ1n) is 6.95. The van der Waals surface area contributed by atoms with Crippen molar-refractivity contribution in [1.82, 2.24) is 0 Å². The van der Waals surface area contributed by atoms with Gasteiger partial charge >= 0.3 is 6.09 Å². The minimum absolute atomic E-state index is 0.355. The van der Waals surface area contributed by atoms with Crippen LogP contribution in [0.3, 0.4) is 0 Å². The van der Waals surface area contributed by atoms with E-state index in [2.05, 4.69) is 0 Å². The zero-order chi connectivity index (χ0) is 16.8. The van der Waals surface area contributed by atoms with Gasteiger partial charge in [-0.25, -0.2) is 4.79 Å². The van der Waals surface area contributed by atoms with E-state index < -0.39 is 6.09 Å². The summed E-state index contributed by atoms with van der Waals surface area (Å²) in [5.41, 5.74) is 7.06. The highest BCUT2D eigenvalue weighted by Gasteiger charge is 2.13. The van der Waals surface area contributed by atoms with Crippen molar-refractivity contribution >= 4 is 17.9 Å². The van der Waals surface area contributed by atoms with Gasteiger partial charge in [-0.05, 0) is 42.3 Å². The van der Waals surface area contributed by atoms with Gasteiger partial charge in [-0.15, -0.1) is 11.8 Å². The summed E-state index contributed by atoms with van der Waals surface area (Å²) >= 11 is 1.67. The van der Waals surface area contributed by atoms with Crippen molar-refractivity contribution in [3.05, 3.63) is 47.5 Å². The van der Waals surface area contributed by atoms with E-state index in [9.17, 15) is 4.79 Å². The van der Waals surface area contributed by atoms with Gasteiger partial charge in [-0.1, -0.05) is 12.1 Å². The molecule has 0 fully saturated rings. The Kier molecular flexibility index (Phi) is 5.76. The standard InChI is InChI=1S/C17H19NO4S/c1-11-8-14(9-15(21-3)16(11)22-17(18)19)23-10-12-4-6-13(20-2)7-5-12/h4-9H,10H2,1-3H3,(H2,18,19). The molecule has 23 heavy (non-hydrogen) atoms. The number of thioether (sulfide) groups is 1. The van der Waals surface area contributed by atoms with E-state index in [1.54, 1.807) is 18.9 Å². The molecule has 0 heterocycles. The number of methoxy groups -OCH3 is 2. The Morgan fingerprint density at radius 2 is 1.83 bits per heavy atom. The maximum atomic E-state index is 11.0. The molecule has 1 amide bonds. The van der Waals surface area contributed by atoms with Crippen molar-refractivity contribution in [1.29, 1.82) is 0 Å². The summed E-state index contributed by atoms with van der Waals surface area (Å²) in [6.45, 7) is 1.85. The molecular formula is C17H19NO4S. The maximum absolute atomic E-state index is 11.0. The second-order valence-electron chi connectivity index (χ2n) is 4.83. The summed E-state index contributed by atoms with van der Waals surface area (Å²) in [6, 6.07) is 11.7. The van der Waals surface area contributed by atoms with E-state index in [1.165, 1.54) is 12.7 Å². The molecule has 122 valence electrons. The highest BCUT2D eigenvalue weighted by Crippen LogP contribution is 2.36. The highest BCUT2D eigenvalue weighted by atomic mass is 32.2. The summed E-state index contributed by atoms with van der Waals surface area (Å²) in [6.07, 6.45) is -0.856. The minimum atomic E-state index is -0.856. The molecule has 6 heteroatoms. The average molecular weight is 333 g/mol. The maximum Gasteiger partial charge on any atom is 0.410 e. The quantitative estimate of drug-likeness (QED) is 0.815. The van der Waals surface area contributed by atoms with E-state index in [1.807, 2.05) is 43.3 Å². The molecular weight excluding hydrogens is 314 g/mol. The van der Waals surface area contributed by atoms with E-state index >= 15 is 0 Å². The number of carbonyl (C=O) groups excluding carboxylic acids is 1. The van der Waals surface area contributed by atoms with Crippen molar-refractivity contribution in [2.45, 2.75) is 17.6 Å². The lowest BCUT2D eigenvalue weighted by atomic mass is 10.2. The molecule has 0 aliphatic heterocycles. The lowest BCUT2D eigenvalue weighted by Crippen LogP contribution is -2.17. The van der Waals surface area contributed by atoms with Crippen LogP contribution in [0.5, 0.6) is 17.2 Å². The number of rotatable bonds is 6. The Balaban J connectivity index is 2.13. The molecule has 2 aromatic rings. The first kappa shape index (κ1) is 17.0. The van der Waals surface area contributed by atoms with Gasteiger partial charge in [0, 0.05) is 10.6 Å². The number of hydrogen-bond acceptors (Lipinski definition) is 5. The van der Waals surface area contributed by atoms with Gasteiger partial charge in [-0.2, -0.15) is 0 Å². The molecule has 0 unspecified atom stereocenters. The summed E-state index contributed by atoms with van der Waals surface area (Å²) < 4.78 is 15.4. The monoisotopic (exact) mass is 333 g/mol. The largest absolute Gasteiger partial charge is 0.497 e. The number of carbonyl (C=O) groups is 1. The van der Waals surface area contributed by atoms with Crippen LogP contribution in [0.4, 0.5) is 4.79 Å². The van der Waals surface area contributed by atoms with Crippen LogP contribution in [0.15, 0.2) is 41.3 Å². The van der Waals surface area contributed by atoms with E-state index in [4.69, 9.17) is 19.9 Å². The molecule has 0 atom stereocenters. The third-order valence-electron chi connectivity index (χ3n) is 3.20. The number of aryl methyl sites for hydroxylation is 1. The molecule has 2 rings (SSSR count). The minimum Gasteiger partial charge on any atom is -0.497 e. The zero-order valence-corrected chi connectivity index (χ0v) is 14.1. The third kappa shape index (κ3) is 4.56. The molecule has 0 aromatic heterocycles. The van der Waals surface area contributed by atoms with Crippen molar-refractivity contribution in [3.8, 4) is 17.2 Å². The number of benzene rings is 2. The summed E-state index contributed by atoms with van der Waals surface area (Å²) in [4.78, 5) is 12.0. The van der Waals surface area contributed by atoms with E-state index in [0.29, 0.717) is 11.5 Å². The molecule has 0 aliphatic carbocycles. The molecule has 0 spiro atoms. The Morgan fingerprint density at radius 3 is 2.39 bits per heavy atom. The van der Waals surface area contributed by atoms with Crippen LogP contribution < -0.4 is 19.9 Å². The number of amides is 1. The fraction of sp³-hybridized carbons (Fsp3) is 0.235. The van der Waals surface area contributed by atoms with Gasteiger partial charge in [0.1, 0.15) is 5.75 Å². The first-order chi connectivity index (χ1) is 11.0. The summed E-state index contributed by atoms with van der Waals surface area (Å²) in [5.74, 6) is 2.49. The van der Waals surface area contributed by atoms with Gasteiger partial charge in [0.15, 0.2) is 11.5 Å². The SMILES string of the molecule is COc1ccc(CSc2cc(C)c(OC(N)=O)c(OC)c2)cc1. The molecule has 5 nitrogen and oxygen atoms in total. The van der Waals surface area contributed by atoms with Crippen LogP contribution in [0.2, 0.25) is 0 Å². The first-order valence-corrected chi connectivity index (χ1v) is 7.93. The van der Waals surface area contributed by atoms with Crippen LogP contribution in [-0.4, -0.2) is 20.3 Å². The normalized spacial score (nSPS) is 10.2. The van der Waals surface area contributed by atoms with Crippen molar-refractivity contribution in [2.24, 2.45) is 5.73 Å². The number of primary amides is 1. The summed E-state index contributed by atoms with van der Waals surface area (Å²) in [5, 5.41) is 0. The van der Waals surface area contributed by atoms with E-state index in [0.717, 1.165) is 22.0 Å². The number of ether oxygens (including phenoxy) is 3. The predicted molar refractivity (Wildman–Crippen MR) is 90.5 cm³/mol. The van der Waals surface area contributed by atoms with Crippen LogP contribution >= 0.6 is 11.8 Å².